The SMILES string of the molecule is CCOc1ccccc1CNC(=O)C(CC)Oc1cc(C)ccc1C. The molecule has 25 heavy (non-hydrogen) atoms. The van der Waals surface area contributed by atoms with Crippen molar-refractivity contribution in [2.75, 3.05) is 6.61 Å². The molecule has 4 heteroatoms. The van der Waals surface area contributed by atoms with Crippen LogP contribution in [-0.2, 0) is 11.3 Å². The smallest absolute Gasteiger partial charge is 0.261 e. The van der Waals surface area contributed by atoms with Gasteiger partial charge in [0, 0.05) is 12.1 Å². The van der Waals surface area contributed by atoms with Crippen molar-refractivity contribution in [1.29, 1.82) is 0 Å². The van der Waals surface area contributed by atoms with Crippen LogP contribution in [0.5, 0.6) is 11.5 Å². The summed E-state index contributed by atoms with van der Waals surface area (Å²) in [5.74, 6) is 1.44. The van der Waals surface area contributed by atoms with Gasteiger partial charge in [-0.25, -0.2) is 0 Å². The molecule has 4 nitrogen and oxygen atoms in total. The summed E-state index contributed by atoms with van der Waals surface area (Å²) in [6.07, 6.45) is 0.0894. The predicted octanol–water partition coefficient (Wildman–Crippen LogP) is 4.18. The van der Waals surface area contributed by atoms with Crippen molar-refractivity contribution in [3.8, 4) is 11.5 Å². The quantitative estimate of drug-likeness (QED) is 0.784. The van der Waals surface area contributed by atoms with Gasteiger partial charge in [-0.3, -0.25) is 4.79 Å². The third-order valence-corrected chi connectivity index (χ3v) is 4.00. The molecule has 1 unspecified atom stereocenters. The van der Waals surface area contributed by atoms with Crippen LogP contribution in [0.3, 0.4) is 0 Å². The van der Waals surface area contributed by atoms with E-state index in [1.807, 2.05) is 70.2 Å². The summed E-state index contributed by atoms with van der Waals surface area (Å²) in [6, 6.07) is 13.7. The highest BCUT2D eigenvalue weighted by Crippen LogP contribution is 2.22. The van der Waals surface area contributed by atoms with Crippen LogP contribution in [0.2, 0.25) is 0 Å². The highest BCUT2D eigenvalue weighted by Gasteiger charge is 2.19. The van der Waals surface area contributed by atoms with Gasteiger partial charge in [0.05, 0.1) is 6.61 Å². The first kappa shape index (κ1) is 18.8. The van der Waals surface area contributed by atoms with Crippen LogP contribution in [0.4, 0.5) is 0 Å². The highest BCUT2D eigenvalue weighted by molar-refractivity contribution is 5.81. The minimum atomic E-state index is -0.514. The van der Waals surface area contributed by atoms with E-state index in [-0.39, 0.29) is 5.91 Å². The molecule has 1 atom stereocenters. The fraction of sp³-hybridized carbons (Fsp3) is 0.381. The number of benzene rings is 2. The molecule has 0 heterocycles. The minimum Gasteiger partial charge on any atom is -0.494 e. The van der Waals surface area contributed by atoms with Gasteiger partial charge in [-0.2, -0.15) is 0 Å². The second kappa shape index (κ2) is 9.11. The van der Waals surface area contributed by atoms with E-state index >= 15 is 0 Å². The third kappa shape index (κ3) is 5.24. The second-order valence-electron chi connectivity index (χ2n) is 6.04. The number of aryl methyl sites for hydroxylation is 2. The van der Waals surface area contributed by atoms with Crippen LogP contribution >= 0.6 is 0 Å². The van der Waals surface area contributed by atoms with E-state index in [1.165, 1.54) is 0 Å². The van der Waals surface area contributed by atoms with E-state index < -0.39 is 6.10 Å². The Morgan fingerprint density at radius 2 is 1.84 bits per heavy atom. The molecule has 0 saturated heterocycles. The van der Waals surface area contributed by atoms with Crippen molar-refractivity contribution < 1.29 is 14.3 Å². The molecule has 0 spiro atoms. The van der Waals surface area contributed by atoms with Crippen LogP contribution in [0.1, 0.15) is 37.0 Å². The summed E-state index contributed by atoms with van der Waals surface area (Å²) in [5, 5.41) is 2.96. The maximum Gasteiger partial charge on any atom is 0.261 e. The minimum absolute atomic E-state index is 0.116. The van der Waals surface area contributed by atoms with Crippen molar-refractivity contribution in [1.82, 2.24) is 5.32 Å². The Kier molecular flexibility index (Phi) is 6.87. The molecule has 0 saturated carbocycles. The van der Waals surface area contributed by atoms with Crippen LogP contribution in [0, 0.1) is 13.8 Å². The molecule has 1 amide bonds. The molecule has 0 radical (unpaired) electrons. The number of carbonyl (C=O) groups excluding carboxylic acids is 1. The highest BCUT2D eigenvalue weighted by atomic mass is 16.5. The zero-order valence-electron chi connectivity index (χ0n) is 15.5. The molecule has 0 bridgehead atoms. The molecule has 2 aromatic rings. The van der Waals surface area contributed by atoms with Crippen LogP contribution in [0.15, 0.2) is 42.5 Å². The van der Waals surface area contributed by atoms with E-state index in [1.54, 1.807) is 0 Å². The molecule has 0 aliphatic rings. The molecule has 1 N–H and O–H groups in total. The first-order valence-electron chi connectivity index (χ1n) is 8.77. The van der Waals surface area contributed by atoms with E-state index in [0.717, 1.165) is 28.2 Å². The van der Waals surface area contributed by atoms with Gasteiger partial charge in [0.1, 0.15) is 11.5 Å². The van der Waals surface area contributed by atoms with Crippen LogP contribution < -0.4 is 14.8 Å². The number of rotatable bonds is 8. The van der Waals surface area contributed by atoms with Crippen molar-refractivity contribution in [2.24, 2.45) is 0 Å². The number of hydrogen-bond donors (Lipinski definition) is 1. The molecule has 2 rings (SSSR count). The van der Waals surface area contributed by atoms with Crippen LogP contribution in [0.25, 0.3) is 0 Å². The van der Waals surface area contributed by atoms with Gasteiger partial charge < -0.3 is 14.8 Å². The standard InChI is InChI=1S/C21H27NO3/c1-5-18(25-20-13-15(3)11-12-16(20)4)21(23)22-14-17-9-7-8-10-19(17)24-6-2/h7-13,18H,5-6,14H2,1-4H3,(H,22,23). The molecule has 0 aliphatic heterocycles. The Morgan fingerprint density at radius 3 is 2.56 bits per heavy atom. The summed E-state index contributed by atoms with van der Waals surface area (Å²) in [5.41, 5.74) is 3.10. The average Bonchev–Trinajstić information content (AvgIpc) is 2.61. The molecule has 0 fully saturated rings. The Hall–Kier alpha value is -2.49. The lowest BCUT2D eigenvalue weighted by Gasteiger charge is -2.19. The van der Waals surface area contributed by atoms with Gasteiger partial charge in [-0.05, 0) is 50.5 Å². The van der Waals surface area contributed by atoms with Gasteiger partial charge in [-0.1, -0.05) is 37.3 Å². The Bertz CT molecular complexity index is 712. The first-order valence-corrected chi connectivity index (χ1v) is 8.77. The number of nitrogens with one attached hydrogen (secondary N) is 1. The van der Waals surface area contributed by atoms with Gasteiger partial charge in [0.2, 0.25) is 0 Å². The molecule has 134 valence electrons. The second-order valence-corrected chi connectivity index (χ2v) is 6.04. The largest absolute Gasteiger partial charge is 0.494 e. The molecule has 0 aromatic heterocycles. The number of para-hydroxylation sites is 1. The van der Waals surface area contributed by atoms with Gasteiger partial charge in [-0.15, -0.1) is 0 Å². The number of amides is 1. The van der Waals surface area contributed by atoms with Gasteiger partial charge in [0.15, 0.2) is 6.10 Å². The number of ether oxygens (including phenoxy) is 2. The number of carbonyl (C=O) groups is 1. The average molecular weight is 341 g/mol. The molecule has 0 aliphatic carbocycles. The van der Waals surface area contributed by atoms with E-state index in [0.29, 0.717) is 19.6 Å². The summed E-state index contributed by atoms with van der Waals surface area (Å²) < 4.78 is 11.6. The Balaban J connectivity index is 2.02. The lowest BCUT2D eigenvalue weighted by molar-refractivity contribution is -0.128. The Labute approximate surface area is 150 Å². The maximum absolute atomic E-state index is 12.5. The predicted molar refractivity (Wildman–Crippen MR) is 100 cm³/mol. The van der Waals surface area contributed by atoms with Crippen molar-refractivity contribution >= 4 is 5.91 Å². The zero-order chi connectivity index (χ0) is 18.2. The number of hydrogen-bond acceptors (Lipinski definition) is 3. The lowest BCUT2D eigenvalue weighted by Crippen LogP contribution is -2.37. The van der Waals surface area contributed by atoms with Gasteiger partial charge >= 0.3 is 0 Å². The van der Waals surface area contributed by atoms with Crippen molar-refractivity contribution in [3.63, 3.8) is 0 Å². The first-order chi connectivity index (χ1) is 12.0. The molecule has 2 aromatic carbocycles. The fourth-order valence-corrected chi connectivity index (χ4v) is 2.55. The van der Waals surface area contributed by atoms with Gasteiger partial charge in [0.25, 0.3) is 5.91 Å². The van der Waals surface area contributed by atoms with Crippen LogP contribution in [-0.4, -0.2) is 18.6 Å². The van der Waals surface area contributed by atoms with Crippen molar-refractivity contribution in [2.45, 2.75) is 46.8 Å². The van der Waals surface area contributed by atoms with E-state index in [9.17, 15) is 4.79 Å². The van der Waals surface area contributed by atoms with E-state index in [4.69, 9.17) is 9.47 Å². The third-order valence-electron chi connectivity index (χ3n) is 4.00. The molecular weight excluding hydrogens is 314 g/mol. The van der Waals surface area contributed by atoms with Crippen molar-refractivity contribution in [3.05, 3.63) is 59.2 Å². The molecular formula is C21H27NO3. The summed E-state index contributed by atoms with van der Waals surface area (Å²) in [4.78, 5) is 12.5. The zero-order valence-corrected chi connectivity index (χ0v) is 15.5. The summed E-state index contributed by atoms with van der Waals surface area (Å²) in [7, 11) is 0. The Morgan fingerprint density at radius 1 is 1.08 bits per heavy atom. The van der Waals surface area contributed by atoms with E-state index in [2.05, 4.69) is 5.32 Å². The summed E-state index contributed by atoms with van der Waals surface area (Å²) >= 11 is 0. The maximum atomic E-state index is 12.5. The topological polar surface area (TPSA) is 47.6 Å². The fourth-order valence-electron chi connectivity index (χ4n) is 2.55. The monoisotopic (exact) mass is 341 g/mol. The lowest BCUT2D eigenvalue weighted by atomic mass is 10.1. The normalized spacial score (nSPS) is 11.7. The summed E-state index contributed by atoms with van der Waals surface area (Å²) in [6.45, 7) is 8.90.